The van der Waals surface area contributed by atoms with Crippen LogP contribution in [-0.2, 0) is 12.8 Å². The highest BCUT2D eigenvalue weighted by Crippen LogP contribution is 2.10. The lowest BCUT2D eigenvalue weighted by Gasteiger charge is -2.11. The number of hydrogen-bond donors (Lipinski definition) is 2. The van der Waals surface area contributed by atoms with E-state index in [9.17, 15) is 0 Å². The smallest absolute Gasteiger partial charge is 0.190 e. The van der Waals surface area contributed by atoms with Crippen molar-refractivity contribution in [2.24, 2.45) is 4.99 Å². The van der Waals surface area contributed by atoms with Crippen molar-refractivity contribution in [2.45, 2.75) is 19.8 Å². The van der Waals surface area contributed by atoms with Crippen LogP contribution < -0.4 is 10.6 Å². The van der Waals surface area contributed by atoms with Crippen molar-refractivity contribution in [1.82, 2.24) is 25.0 Å². The number of guanidine groups is 1. The molecule has 27 heavy (non-hydrogen) atoms. The Kier molecular flexibility index (Phi) is 8.30. The van der Waals surface area contributed by atoms with Crippen LogP contribution in [0.2, 0.25) is 5.15 Å². The molecule has 0 saturated heterocycles. The van der Waals surface area contributed by atoms with Gasteiger partial charge in [-0.15, -0.1) is 24.0 Å². The lowest BCUT2D eigenvalue weighted by atomic mass is 10.2. The maximum Gasteiger partial charge on any atom is 0.190 e. The molecule has 0 aliphatic heterocycles. The highest BCUT2D eigenvalue weighted by Gasteiger charge is 2.04. The third kappa shape index (κ3) is 6.07. The van der Waals surface area contributed by atoms with Gasteiger partial charge in [0.15, 0.2) is 5.96 Å². The molecule has 0 aliphatic rings. The van der Waals surface area contributed by atoms with Crippen LogP contribution in [0.1, 0.15) is 16.8 Å². The molecule has 6 nitrogen and oxygen atoms in total. The fourth-order valence-corrected chi connectivity index (χ4v) is 2.85. The van der Waals surface area contributed by atoms with Crippen LogP contribution >= 0.6 is 35.6 Å². The number of hydrogen-bond acceptors (Lipinski definition) is 3. The molecule has 0 atom stereocenters. The van der Waals surface area contributed by atoms with Gasteiger partial charge in [-0.3, -0.25) is 4.99 Å². The predicted octanol–water partition coefficient (Wildman–Crippen LogP) is 3.26. The molecule has 3 heterocycles. The van der Waals surface area contributed by atoms with Crippen molar-refractivity contribution in [2.75, 3.05) is 20.1 Å². The Morgan fingerprint density at radius 3 is 2.63 bits per heavy atom. The number of nitrogens with one attached hydrogen (secondary N) is 2. The van der Waals surface area contributed by atoms with E-state index in [-0.39, 0.29) is 24.0 Å². The van der Waals surface area contributed by atoms with Crippen molar-refractivity contribution >= 4 is 47.2 Å². The molecule has 144 valence electrons. The minimum atomic E-state index is 0. The highest BCUT2D eigenvalue weighted by atomic mass is 127. The van der Waals surface area contributed by atoms with E-state index in [0.717, 1.165) is 48.8 Å². The molecule has 0 spiro atoms. The first-order chi connectivity index (χ1) is 12.7. The summed E-state index contributed by atoms with van der Waals surface area (Å²) in [6.45, 7) is 3.62. The van der Waals surface area contributed by atoms with Gasteiger partial charge in [-0.25, -0.2) is 9.97 Å². The van der Waals surface area contributed by atoms with Gasteiger partial charge in [0.05, 0.1) is 5.69 Å². The number of rotatable bonds is 6. The van der Waals surface area contributed by atoms with E-state index in [1.54, 1.807) is 19.3 Å². The molecule has 2 N–H and O–H groups in total. The molecule has 0 fully saturated rings. The quantitative estimate of drug-likeness (QED) is 0.237. The summed E-state index contributed by atoms with van der Waals surface area (Å²) < 4.78 is 2.07. The number of aromatic nitrogens is 3. The van der Waals surface area contributed by atoms with E-state index in [0.29, 0.717) is 5.15 Å². The zero-order chi connectivity index (χ0) is 18.4. The normalized spacial score (nSPS) is 11.3. The molecule has 3 aromatic heterocycles. The zero-order valence-corrected chi connectivity index (χ0v) is 18.5. The Morgan fingerprint density at radius 2 is 1.96 bits per heavy atom. The summed E-state index contributed by atoms with van der Waals surface area (Å²) in [5.74, 6) is 0.784. The van der Waals surface area contributed by atoms with E-state index < -0.39 is 0 Å². The van der Waals surface area contributed by atoms with Crippen LogP contribution in [0.5, 0.6) is 0 Å². The molecule has 0 radical (unpaired) electrons. The second-order valence-electron chi connectivity index (χ2n) is 6.07. The fraction of sp³-hybridized carbons (Fsp3) is 0.316. The van der Waals surface area contributed by atoms with Gasteiger partial charge in [-0.05, 0) is 36.6 Å². The Bertz CT molecular complexity index is 891. The van der Waals surface area contributed by atoms with Crippen molar-refractivity contribution in [3.8, 4) is 0 Å². The lowest BCUT2D eigenvalue weighted by molar-refractivity contribution is 0.777. The zero-order valence-electron chi connectivity index (χ0n) is 15.4. The molecule has 8 heteroatoms. The third-order valence-electron chi connectivity index (χ3n) is 4.12. The number of halogens is 2. The monoisotopic (exact) mass is 498 g/mol. The van der Waals surface area contributed by atoms with Crippen molar-refractivity contribution in [3.05, 3.63) is 64.8 Å². The van der Waals surface area contributed by atoms with Crippen molar-refractivity contribution < 1.29 is 0 Å². The first kappa shape index (κ1) is 21.4. The van der Waals surface area contributed by atoms with Crippen LogP contribution in [0, 0.1) is 6.92 Å². The van der Waals surface area contributed by atoms with Gasteiger partial charge in [-0.2, -0.15) is 0 Å². The lowest BCUT2D eigenvalue weighted by Crippen LogP contribution is -2.39. The summed E-state index contributed by atoms with van der Waals surface area (Å²) >= 11 is 5.80. The van der Waals surface area contributed by atoms with Crippen LogP contribution in [-0.4, -0.2) is 40.5 Å². The number of aliphatic imine (C=N–C) groups is 1. The van der Waals surface area contributed by atoms with Gasteiger partial charge >= 0.3 is 0 Å². The molecule has 3 rings (SSSR count). The third-order valence-corrected chi connectivity index (χ3v) is 4.34. The van der Waals surface area contributed by atoms with Crippen LogP contribution in [0.3, 0.4) is 0 Å². The van der Waals surface area contributed by atoms with Gasteiger partial charge in [0, 0.05) is 45.1 Å². The van der Waals surface area contributed by atoms with E-state index in [1.165, 1.54) is 5.56 Å². The molecular weight excluding hydrogens is 475 g/mol. The van der Waals surface area contributed by atoms with Crippen molar-refractivity contribution in [1.29, 1.82) is 0 Å². The number of pyridine rings is 2. The van der Waals surface area contributed by atoms with Crippen LogP contribution in [0.4, 0.5) is 0 Å². The average molecular weight is 499 g/mol. The fourth-order valence-electron chi connectivity index (χ4n) is 2.73. The van der Waals surface area contributed by atoms with E-state index in [4.69, 9.17) is 11.6 Å². The molecule has 0 aromatic carbocycles. The molecule has 0 bridgehead atoms. The average Bonchev–Trinajstić information content (AvgIpc) is 3.06. The summed E-state index contributed by atoms with van der Waals surface area (Å²) in [7, 11) is 1.77. The minimum absolute atomic E-state index is 0. The Balaban J connectivity index is 0.00000261. The molecular formula is C19H24ClIN6. The number of aryl methyl sites for hydroxylation is 1. The van der Waals surface area contributed by atoms with Gasteiger partial charge in [-0.1, -0.05) is 23.7 Å². The van der Waals surface area contributed by atoms with E-state index in [1.807, 2.05) is 18.3 Å². The van der Waals surface area contributed by atoms with Gasteiger partial charge in [0.2, 0.25) is 0 Å². The summed E-state index contributed by atoms with van der Waals surface area (Å²) in [6, 6.07) is 7.90. The summed E-state index contributed by atoms with van der Waals surface area (Å²) in [4.78, 5) is 13.0. The van der Waals surface area contributed by atoms with Crippen LogP contribution in [0.15, 0.2) is 47.8 Å². The summed E-state index contributed by atoms with van der Waals surface area (Å²) in [6.07, 6.45) is 7.59. The Labute approximate surface area is 181 Å². The van der Waals surface area contributed by atoms with Crippen LogP contribution in [0.25, 0.3) is 5.65 Å². The van der Waals surface area contributed by atoms with Crippen molar-refractivity contribution in [3.63, 3.8) is 0 Å². The first-order valence-corrected chi connectivity index (χ1v) is 9.01. The van der Waals surface area contributed by atoms with E-state index in [2.05, 4.69) is 49.2 Å². The van der Waals surface area contributed by atoms with Gasteiger partial charge in [0.1, 0.15) is 10.8 Å². The molecule has 3 aromatic rings. The minimum Gasteiger partial charge on any atom is -0.356 e. The molecule has 0 amide bonds. The maximum atomic E-state index is 5.80. The second kappa shape index (κ2) is 10.5. The first-order valence-electron chi connectivity index (χ1n) is 8.64. The summed E-state index contributed by atoms with van der Waals surface area (Å²) in [5, 5.41) is 7.15. The number of imidazole rings is 1. The highest BCUT2D eigenvalue weighted by molar-refractivity contribution is 14.0. The SMILES string of the molecule is CN=C(NCCc1ccc(Cl)nc1)NCCc1cn2cccc(C)c2n1.I. The van der Waals surface area contributed by atoms with Gasteiger partial charge in [0.25, 0.3) is 0 Å². The topological polar surface area (TPSA) is 66.6 Å². The van der Waals surface area contributed by atoms with Gasteiger partial charge < -0.3 is 15.0 Å². The predicted molar refractivity (Wildman–Crippen MR) is 121 cm³/mol. The maximum absolute atomic E-state index is 5.80. The standard InChI is InChI=1S/C19H23ClN6.HI/c1-14-4-3-11-26-13-16(25-18(14)26)8-10-23-19(21-2)22-9-7-15-5-6-17(20)24-12-15;/h3-6,11-13H,7-10H2,1-2H3,(H2,21,22,23);1H. The molecule has 0 aliphatic carbocycles. The molecule has 0 saturated carbocycles. The number of nitrogens with zero attached hydrogens (tertiary/aromatic N) is 4. The second-order valence-corrected chi connectivity index (χ2v) is 6.46. The Morgan fingerprint density at radius 1 is 1.19 bits per heavy atom. The summed E-state index contributed by atoms with van der Waals surface area (Å²) in [5.41, 5.74) is 4.40. The van der Waals surface area contributed by atoms with E-state index >= 15 is 0 Å². The number of fused-ring (bicyclic) bond motifs is 1. The Hall–Kier alpha value is -1.87. The largest absolute Gasteiger partial charge is 0.356 e. The molecule has 0 unspecified atom stereocenters.